The molecule has 6 heteroatoms. The number of amides is 1. The Morgan fingerprint density at radius 1 is 1.22 bits per heavy atom. The highest BCUT2D eigenvalue weighted by molar-refractivity contribution is 6.31. The predicted octanol–water partition coefficient (Wildman–Crippen LogP) is 4.10. The van der Waals surface area contributed by atoms with E-state index < -0.39 is 0 Å². The second-order valence-electron chi connectivity index (χ2n) is 6.05. The first-order valence-electron chi connectivity index (χ1n) is 8.34. The van der Waals surface area contributed by atoms with E-state index in [9.17, 15) is 9.90 Å². The number of carbonyl (C=O) groups excluding carboxylic acids is 1. The van der Waals surface area contributed by atoms with Crippen LogP contribution in [0.25, 0.3) is 0 Å². The molecule has 2 N–H and O–H groups in total. The molecule has 5 nitrogen and oxygen atoms in total. The van der Waals surface area contributed by atoms with E-state index in [0.717, 1.165) is 16.8 Å². The molecular weight excluding hydrogens is 362 g/mol. The van der Waals surface area contributed by atoms with Gasteiger partial charge in [0.1, 0.15) is 5.75 Å². The molecule has 1 heterocycles. The van der Waals surface area contributed by atoms with Gasteiger partial charge in [-0.1, -0.05) is 35.9 Å². The summed E-state index contributed by atoms with van der Waals surface area (Å²) in [4.78, 5) is 16.1. The zero-order chi connectivity index (χ0) is 19.2. The lowest BCUT2D eigenvalue weighted by molar-refractivity contribution is 0.0954. The smallest absolute Gasteiger partial charge is 0.272 e. The van der Waals surface area contributed by atoms with Gasteiger partial charge in [-0.05, 0) is 54.8 Å². The predicted molar refractivity (Wildman–Crippen MR) is 106 cm³/mol. The highest BCUT2D eigenvalue weighted by Gasteiger charge is 2.06. The van der Waals surface area contributed by atoms with Crippen LogP contribution in [0.4, 0.5) is 0 Å². The maximum Gasteiger partial charge on any atom is 0.272 e. The van der Waals surface area contributed by atoms with Gasteiger partial charge in [0.15, 0.2) is 0 Å². The minimum absolute atomic E-state index is 0.0768. The standard InChI is InChI=1S/C21H18ClN3O2/c1-14-6-8-17(12-23-14)21(27)25-24-13-18-11-15(7-9-20(18)26)10-16-4-2-3-5-19(16)22/h2-9,11-13,26H,10H2,1H3,(H,25,27)/b24-13+. The van der Waals surface area contributed by atoms with E-state index in [1.807, 2.05) is 43.3 Å². The molecule has 0 radical (unpaired) electrons. The molecule has 0 saturated carbocycles. The van der Waals surface area contributed by atoms with E-state index in [0.29, 0.717) is 22.6 Å². The summed E-state index contributed by atoms with van der Waals surface area (Å²) < 4.78 is 0. The van der Waals surface area contributed by atoms with Crippen molar-refractivity contribution >= 4 is 23.7 Å². The molecule has 1 amide bonds. The number of pyridine rings is 1. The molecule has 1 aromatic heterocycles. The molecule has 0 spiro atoms. The molecule has 0 atom stereocenters. The summed E-state index contributed by atoms with van der Waals surface area (Å²) in [5.41, 5.74) is 6.14. The van der Waals surface area contributed by atoms with Crippen LogP contribution >= 0.6 is 11.6 Å². The lowest BCUT2D eigenvalue weighted by atomic mass is 10.0. The van der Waals surface area contributed by atoms with Crippen molar-refractivity contribution in [1.82, 2.24) is 10.4 Å². The number of aromatic hydroxyl groups is 1. The van der Waals surface area contributed by atoms with E-state index in [1.54, 1.807) is 18.2 Å². The van der Waals surface area contributed by atoms with Gasteiger partial charge in [-0.3, -0.25) is 9.78 Å². The van der Waals surface area contributed by atoms with Crippen LogP contribution in [0.3, 0.4) is 0 Å². The second kappa shape index (κ2) is 8.47. The highest BCUT2D eigenvalue weighted by Crippen LogP contribution is 2.22. The summed E-state index contributed by atoms with van der Waals surface area (Å²) in [5.74, 6) is -0.293. The second-order valence-corrected chi connectivity index (χ2v) is 6.46. The number of hydrogen-bond donors (Lipinski definition) is 2. The lowest BCUT2D eigenvalue weighted by Crippen LogP contribution is -2.17. The molecule has 0 unspecified atom stereocenters. The third-order valence-corrected chi connectivity index (χ3v) is 4.36. The molecule has 27 heavy (non-hydrogen) atoms. The number of benzene rings is 2. The van der Waals surface area contributed by atoms with Crippen LogP contribution in [-0.2, 0) is 6.42 Å². The van der Waals surface area contributed by atoms with E-state index >= 15 is 0 Å². The van der Waals surface area contributed by atoms with Crippen LogP contribution in [0.5, 0.6) is 5.75 Å². The number of aromatic nitrogens is 1. The Bertz CT molecular complexity index is 985. The van der Waals surface area contributed by atoms with Crippen molar-refractivity contribution < 1.29 is 9.90 Å². The third-order valence-electron chi connectivity index (χ3n) is 3.99. The Morgan fingerprint density at radius 3 is 2.78 bits per heavy atom. The quantitative estimate of drug-likeness (QED) is 0.517. The van der Waals surface area contributed by atoms with Crippen LogP contribution in [0, 0.1) is 6.92 Å². The summed E-state index contributed by atoms with van der Waals surface area (Å²) in [6, 6.07) is 16.3. The highest BCUT2D eigenvalue weighted by atomic mass is 35.5. The largest absolute Gasteiger partial charge is 0.507 e. The third kappa shape index (κ3) is 4.92. The Balaban J connectivity index is 1.70. The van der Waals surface area contributed by atoms with Gasteiger partial charge in [-0.2, -0.15) is 5.10 Å². The minimum atomic E-state index is -0.370. The maximum absolute atomic E-state index is 12.0. The summed E-state index contributed by atoms with van der Waals surface area (Å²) in [6.07, 6.45) is 3.52. The Hall–Kier alpha value is -3.18. The molecule has 0 fully saturated rings. The Morgan fingerprint density at radius 2 is 2.04 bits per heavy atom. The molecule has 2 aromatic carbocycles. The van der Waals surface area contributed by atoms with Gasteiger partial charge in [-0.25, -0.2) is 5.43 Å². The zero-order valence-electron chi connectivity index (χ0n) is 14.7. The maximum atomic E-state index is 12.0. The summed E-state index contributed by atoms with van der Waals surface area (Å²) in [7, 11) is 0. The average Bonchev–Trinajstić information content (AvgIpc) is 2.66. The van der Waals surface area contributed by atoms with E-state index in [4.69, 9.17) is 11.6 Å². The van der Waals surface area contributed by atoms with Crippen molar-refractivity contribution in [3.8, 4) is 5.75 Å². The van der Waals surface area contributed by atoms with Crippen molar-refractivity contribution in [2.24, 2.45) is 5.10 Å². The fraction of sp³-hybridized carbons (Fsp3) is 0.0952. The van der Waals surface area contributed by atoms with Crippen molar-refractivity contribution in [1.29, 1.82) is 0 Å². The number of halogens is 1. The Kier molecular flexibility index (Phi) is 5.84. The number of phenolic OH excluding ortho intramolecular Hbond substituents is 1. The van der Waals surface area contributed by atoms with Crippen molar-refractivity contribution in [3.05, 3.63) is 93.8 Å². The fourth-order valence-corrected chi connectivity index (χ4v) is 2.71. The van der Waals surface area contributed by atoms with Gasteiger partial charge in [-0.15, -0.1) is 0 Å². The molecule has 0 bridgehead atoms. The molecule has 0 aliphatic carbocycles. The van der Waals surface area contributed by atoms with Crippen LogP contribution in [0.15, 0.2) is 65.9 Å². The van der Waals surface area contributed by atoms with E-state index in [1.165, 1.54) is 12.4 Å². The molecule has 0 aliphatic heterocycles. The van der Waals surface area contributed by atoms with Gasteiger partial charge < -0.3 is 5.11 Å². The van der Waals surface area contributed by atoms with Gasteiger partial charge in [0.2, 0.25) is 0 Å². The zero-order valence-corrected chi connectivity index (χ0v) is 15.4. The number of phenols is 1. The minimum Gasteiger partial charge on any atom is -0.507 e. The number of hydrogen-bond acceptors (Lipinski definition) is 4. The van der Waals surface area contributed by atoms with E-state index in [-0.39, 0.29) is 11.7 Å². The molecule has 0 aliphatic rings. The van der Waals surface area contributed by atoms with Gasteiger partial charge in [0.25, 0.3) is 5.91 Å². The van der Waals surface area contributed by atoms with E-state index in [2.05, 4.69) is 15.5 Å². The number of hydrazone groups is 1. The molecule has 3 aromatic rings. The molecule has 0 saturated heterocycles. The van der Waals surface area contributed by atoms with Gasteiger partial charge >= 0.3 is 0 Å². The summed E-state index contributed by atoms with van der Waals surface area (Å²) in [5, 5.41) is 14.7. The van der Waals surface area contributed by atoms with Crippen LogP contribution in [0.1, 0.15) is 32.7 Å². The average molecular weight is 380 g/mol. The number of aryl methyl sites for hydroxylation is 1. The SMILES string of the molecule is Cc1ccc(C(=O)N/N=C/c2cc(Cc3ccccc3Cl)ccc2O)cn1. The van der Waals surface area contributed by atoms with Crippen molar-refractivity contribution in [2.45, 2.75) is 13.3 Å². The first-order valence-corrected chi connectivity index (χ1v) is 8.72. The number of rotatable bonds is 5. The topological polar surface area (TPSA) is 74.6 Å². The first-order chi connectivity index (χ1) is 13.0. The summed E-state index contributed by atoms with van der Waals surface area (Å²) >= 11 is 6.20. The van der Waals surface area contributed by atoms with Gasteiger partial charge in [0.05, 0.1) is 11.8 Å². The van der Waals surface area contributed by atoms with Crippen LogP contribution in [0.2, 0.25) is 5.02 Å². The lowest BCUT2D eigenvalue weighted by Gasteiger charge is -2.07. The van der Waals surface area contributed by atoms with Gasteiger partial charge in [0, 0.05) is 22.5 Å². The van der Waals surface area contributed by atoms with Crippen LogP contribution in [-0.4, -0.2) is 22.2 Å². The fourth-order valence-electron chi connectivity index (χ4n) is 2.51. The number of nitrogens with one attached hydrogen (secondary N) is 1. The van der Waals surface area contributed by atoms with Crippen molar-refractivity contribution in [3.63, 3.8) is 0 Å². The molecule has 3 rings (SSSR count). The first kappa shape index (κ1) is 18.6. The Labute approximate surface area is 162 Å². The molecule has 136 valence electrons. The monoisotopic (exact) mass is 379 g/mol. The summed E-state index contributed by atoms with van der Waals surface area (Å²) in [6.45, 7) is 1.85. The molecular formula is C21H18ClN3O2. The van der Waals surface area contributed by atoms with Crippen molar-refractivity contribution in [2.75, 3.05) is 0 Å². The number of nitrogens with zero attached hydrogens (tertiary/aromatic N) is 2. The number of carbonyl (C=O) groups is 1. The normalized spacial score (nSPS) is 10.9. The van der Waals surface area contributed by atoms with Crippen LogP contribution < -0.4 is 5.43 Å².